The molecule has 0 atom stereocenters. The van der Waals surface area contributed by atoms with Crippen molar-refractivity contribution in [3.05, 3.63) is 22.2 Å². The molecule has 0 aromatic carbocycles. The Morgan fingerprint density at radius 1 is 1.64 bits per heavy atom. The van der Waals surface area contributed by atoms with Crippen molar-refractivity contribution in [2.24, 2.45) is 5.73 Å². The van der Waals surface area contributed by atoms with Gasteiger partial charge in [0.1, 0.15) is 11.8 Å². The maximum atomic E-state index is 10.6. The summed E-state index contributed by atoms with van der Waals surface area (Å²) in [5.41, 5.74) is 5.06. The summed E-state index contributed by atoms with van der Waals surface area (Å²) >= 11 is 10.9. The molecular weight excluding hydrogens is 189 g/mol. The fraction of sp³-hybridized carbons (Fsp3) is 0. The minimum Gasteiger partial charge on any atom is -0.365 e. The molecule has 0 fully saturated rings. The molecular formula is C5H4Cl2N3O+. The topological polar surface area (TPSA) is 70.1 Å². The van der Waals surface area contributed by atoms with Gasteiger partial charge in [-0.2, -0.15) is 0 Å². The third kappa shape index (κ3) is 1.78. The molecule has 4 nitrogen and oxygen atoms in total. The van der Waals surface area contributed by atoms with Gasteiger partial charge in [-0.15, -0.1) is 0 Å². The molecule has 6 heteroatoms. The van der Waals surface area contributed by atoms with Crippen LogP contribution in [0.25, 0.3) is 0 Å². The maximum absolute atomic E-state index is 10.6. The first kappa shape index (κ1) is 8.23. The third-order valence-corrected chi connectivity index (χ3v) is 1.50. The van der Waals surface area contributed by atoms with Gasteiger partial charge in [-0.05, 0) is 16.6 Å². The van der Waals surface area contributed by atoms with Crippen LogP contribution in [0.1, 0.15) is 10.4 Å². The number of hydrogen-bond acceptors (Lipinski definition) is 2. The van der Waals surface area contributed by atoms with E-state index in [0.29, 0.717) is 0 Å². The molecule has 0 aliphatic carbocycles. The van der Waals surface area contributed by atoms with Crippen LogP contribution in [0.2, 0.25) is 10.4 Å². The number of aromatic nitrogens is 2. The Labute approximate surface area is 72.3 Å². The van der Waals surface area contributed by atoms with Gasteiger partial charge in [-0.1, -0.05) is 0 Å². The average molecular weight is 193 g/mol. The summed E-state index contributed by atoms with van der Waals surface area (Å²) in [4.78, 5) is 16.6. The zero-order chi connectivity index (χ0) is 8.43. The van der Waals surface area contributed by atoms with Crippen LogP contribution in [0.4, 0.5) is 0 Å². The van der Waals surface area contributed by atoms with Crippen LogP contribution in [0, 0.1) is 0 Å². The zero-order valence-corrected chi connectivity index (χ0v) is 6.78. The van der Waals surface area contributed by atoms with Crippen molar-refractivity contribution in [2.45, 2.75) is 0 Å². The average Bonchev–Trinajstić information content (AvgIpc) is 1.85. The first-order chi connectivity index (χ1) is 5.11. The van der Waals surface area contributed by atoms with Gasteiger partial charge < -0.3 is 5.73 Å². The van der Waals surface area contributed by atoms with Crippen molar-refractivity contribution in [1.29, 1.82) is 0 Å². The highest BCUT2D eigenvalue weighted by molar-refractivity contribution is 6.33. The van der Waals surface area contributed by atoms with E-state index >= 15 is 0 Å². The molecule has 1 rings (SSSR count). The summed E-state index contributed by atoms with van der Waals surface area (Å²) in [5.74, 6) is -0.643. The van der Waals surface area contributed by atoms with E-state index in [4.69, 9.17) is 28.9 Å². The third-order valence-electron chi connectivity index (χ3n) is 1.02. The van der Waals surface area contributed by atoms with Crippen molar-refractivity contribution in [3.8, 4) is 0 Å². The molecule has 58 valence electrons. The molecule has 1 heterocycles. The monoisotopic (exact) mass is 192 g/mol. The van der Waals surface area contributed by atoms with Crippen molar-refractivity contribution < 1.29 is 9.78 Å². The molecule has 0 saturated heterocycles. The predicted molar refractivity (Wildman–Crippen MR) is 39.3 cm³/mol. The molecule has 0 radical (unpaired) electrons. The van der Waals surface area contributed by atoms with E-state index in [1.807, 2.05) is 0 Å². The lowest BCUT2D eigenvalue weighted by Crippen LogP contribution is -2.17. The summed E-state index contributed by atoms with van der Waals surface area (Å²) < 4.78 is 0. The molecule has 0 unspecified atom stereocenters. The second-order valence-electron chi connectivity index (χ2n) is 1.76. The molecule has 0 aliphatic rings. The Morgan fingerprint density at radius 2 is 2.27 bits per heavy atom. The van der Waals surface area contributed by atoms with Gasteiger partial charge in [-0.3, -0.25) is 4.79 Å². The van der Waals surface area contributed by atoms with E-state index in [-0.39, 0.29) is 16.0 Å². The number of nitrogens with two attached hydrogens (primary N) is 1. The van der Waals surface area contributed by atoms with Crippen molar-refractivity contribution in [3.63, 3.8) is 0 Å². The van der Waals surface area contributed by atoms with Crippen LogP contribution >= 0.6 is 23.2 Å². The van der Waals surface area contributed by atoms with Gasteiger partial charge in [-0.25, -0.2) is 4.98 Å². The summed E-state index contributed by atoms with van der Waals surface area (Å²) in [6.07, 6.45) is 1.31. The van der Waals surface area contributed by atoms with Crippen LogP contribution < -0.4 is 10.7 Å². The fourth-order valence-electron chi connectivity index (χ4n) is 0.543. The summed E-state index contributed by atoms with van der Waals surface area (Å²) in [5, 5.41) is 0.112. The summed E-state index contributed by atoms with van der Waals surface area (Å²) in [7, 11) is 0. The molecule has 1 amide bonds. The van der Waals surface area contributed by atoms with Crippen LogP contribution in [-0.4, -0.2) is 10.9 Å². The molecule has 1 aromatic rings. The Balaban J connectivity index is 3.20. The highest BCUT2D eigenvalue weighted by Crippen LogP contribution is 2.10. The minimum atomic E-state index is -0.643. The molecule has 1 aromatic heterocycles. The molecule has 0 aliphatic heterocycles. The minimum absolute atomic E-state index is 0.00116. The molecule has 11 heavy (non-hydrogen) atoms. The Bertz CT molecular complexity index is 302. The number of carbonyl (C=O) groups is 1. The first-order valence-electron chi connectivity index (χ1n) is 2.65. The molecule has 0 spiro atoms. The highest BCUT2D eigenvalue weighted by Gasteiger charge is 2.15. The SMILES string of the molecule is NC(=O)c1c[nH+]c(Cl)nc1Cl. The first-order valence-corrected chi connectivity index (χ1v) is 3.40. The van der Waals surface area contributed by atoms with Gasteiger partial charge in [0.2, 0.25) is 0 Å². The number of rotatable bonds is 1. The van der Waals surface area contributed by atoms with Crippen molar-refractivity contribution in [2.75, 3.05) is 0 Å². The molecule has 3 N–H and O–H groups in total. The van der Waals surface area contributed by atoms with E-state index in [1.54, 1.807) is 0 Å². The Morgan fingerprint density at radius 3 is 2.73 bits per heavy atom. The van der Waals surface area contributed by atoms with E-state index in [2.05, 4.69) is 9.97 Å². The van der Waals surface area contributed by atoms with Crippen LogP contribution in [0.15, 0.2) is 6.20 Å². The molecule has 0 bridgehead atoms. The lowest BCUT2D eigenvalue weighted by molar-refractivity contribution is -0.380. The zero-order valence-electron chi connectivity index (χ0n) is 5.27. The largest absolute Gasteiger partial charge is 0.395 e. The summed E-state index contributed by atoms with van der Waals surface area (Å²) in [6, 6.07) is 0. The number of hydrogen-bond donors (Lipinski definition) is 1. The number of nitrogens with one attached hydrogen (secondary N) is 1. The standard InChI is InChI=1S/C5H3Cl2N3O/c6-3-2(4(8)11)1-9-5(7)10-3/h1H,(H2,8,11)/p+1. The summed E-state index contributed by atoms with van der Waals surface area (Å²) in [6.45, 7) is 0. The number of halogens is 2. The maximum Gasteiger partial charge on any atom is 0.395 e. The van der Waals surface area contributed by atoms with E-state index in [0.717, 1.165) is 0 Å². The lowest BCUT2D eigenvalue weighted by Gasteiger charge is -1.89. The number of amides is 1. The van der Waals surface area contributed by atoms with Gasteiger partial charge in [0.25, 0.3) is 11.1 Å². The van der Waals surface area contributed by atoms with Gasteiger partial charge in [0.05, 0.1) is 0 Å². The highest BCUT2D eigenvalue weighted by atomic mass is 35.5. The number of carbonyl (C=O) groups excluding carboxylic acids is 1. The Hall–Kier alpha value is -0.870. The molecule has 0 saturated carbocycles. The Kier molecular flexibility index (Phi) is 2.26. The van der Waals surface area contributed by atoms with Gasteiger partial charge >= 0.3 is 5.28 Å². The second kappa shape index (κ2) is 3.02. The lowest BCUT2D eigenvalue weighted by atomic mass is 10.3. The van der Waals surface area contributed by atoms with Crippen LogP contribution in [0.3, 0.4) is 0 Å². The predicted octanol–water partition coefficient (Wildman–Crippen LogP) is 0.301. The number of aromatic amines is 1. The normalized spacial score (nSPS) is 9.64. The quantitative estimate of drug-likeness (QED) is 0.514. The number of primary amides is 1. The van der Waals surface area contributed by atoms with Crippen molar-refractivity contribution >= 4 is 29.1 Å². The van der Waals surface area contributed by atoms with Crippen LogP contribution in [0.5, 0.6) is 0 Å². The van der Waals surface area contributed by atoms with Crippen molar-refractivity contribution in [1.82, 2.24) is 4.98 Å². The van der Waals surface area contributed by atoms with Gasteiger partial charge in [0.15, 0.2) is 0 Å². The van der Waals surface area contributed by atoms with E-state index in [1.165, 1.54) is 6.20 Å². The van der Waals surface area contributed by atoms with Crippen LogP contribution in [-0.2, 0) is 0 Å². The van der Waals surface area contributed by atoms with E-state index in [9.17, 15) is 4.79 Å². The fourth-order valence-corrected chi connectivity index (χ4v) is 0.957. The van der Waals surface area contributed by atoms with E-state index < -0.39 is 5.91 Å². The number of nitrogens with zero attached hydrogens (tertiary/aromatic N) is 1. The van der Waals surface area contributed by atoms with Gasteiger partial charge in [0, 0.05) is 11.6 Å². The second-order valence-corrected chi connectivity index (χ2v) is 2.48. The smallest absolute Gasteiger partial charge is 0.365 e. The number of H-pyrrole nitrogens is 1.